The number of benzene rings is 1. The highest BCUT2D eigenvalue weighted by Gasteiger charge is 2.19. The molecule has 0 aliphatic heterocycles. The minimum absolute atomic E-state index is 0.233. The van der Waals surface area contributed by atoms with Crippen LogP contribution in [0.5, 0.6) is 0 Å². The Hall–Kier alpha value is -1.76. The molecule has 2 aromatic rings. The molecule has 0 spiro atoms. The van der Waals surface area contributed by atoms with Crippen molar-refractivity contribution in [1.29, 1.82) is 0 Å². The average Bonchev–Trinajstić information content (AvgIpc) is 2.55. The maximum Gasteiger partial charge on any atom is 0.261 e. The van der Waals surface area contributed by atoms with Crippen molar-refractivity contribution in [2.45, 2.75) is 6.92 Å². The van der Waals surface area contributed by atoms with Crippen molar-refractivity contribution in [3.63, 3.8) is 0 Å². The van der Waals surface area contributed by atoms with Crippen LogP contribution in [0.1, 0.15) is 16.1 Å². The van der Waals surface area contributed by atoms with Crippen LogP contribution in [0.25, 0.3) is 0 Å². The second-order valence-corrected chi connectivity index (χ2v) is 4.92. The molecule has 0 unspecified atom stereocenters. The molecule has 1 N–H and O–H groups in total. The summed E-state index contributed by atoms with van der Waals surface area (Å²) in [5, 5.41) is 6.45. The Morgan fingerprint density at radius 2 is 1.95 bits per heavy atom. The van der Waals surface area contributed by atoms with Gasteiger partial charge in [0.25, 0.3) is 5.91 Å². The van der Waals surface area contributed by atoms with E-state index in [-0.39, 0.29) is 4.47 Å². The molecular formula is C12H10BrF2N3O. The highest BCUT2D eigenvalue weighted by Crippen LogP contribution is 2.21. The van der Waals surface area contributed by atoms with E-state index in [0.29, 0.717) is 11.4 Å². The van der Waals surface area contributed by atoms with E-state index < -0.39 is 23.1 Å². The molecule has 0 saturated carbocycles. The summed E-state index contributed by atoms with van der Waals surface area (Å²) in [5.41, 5.74) is 0.356. The molecular weight excluding hydrogens is 320 g/mol. The zero-order valence-electron chi connectivity index (χ0n) is 10.2. The number of carbonyl (C=O) groups is 1. The van der Waals surface area contributed by atoms with E-state index in [0.717, 1.165) is 12.1 Å². The molecule has 2 rings (SSSR count). The van der Waals surface area contributed by atoms with Gasteiger partial charge in [-0.25, -0.2) is 8.78 Å². The van der Waals surface area contributed by atoms with Crippen LogP contribution in [0.4, 0.5) is 14.5 Å². The number of nitrogens with zero attached hydrogens (tertiary/aromatic N) is 2. The second kappa shape index (κ2) is 5.08. The lowest BCUT2D eigenvalue weighted by Crippen LogP contribution is -2.16. The number of anilines is 1. The molecule has 0 aliphatic rings. The number of hydrogen-bond acceptors (Lipinski definition) is 2. The van der Waals surface area contributed by atoms with E-state index in [2.05, 4.69) is 26.3 Å². The molecule has 0 bridgehead atoms. The molecule has 100 valence electrons. The van der Waals surface area contributed by atoms with Gasteiger partial charge in [-0.1, -0.05) is 15.9 Å². The van der Waals surface area contributed by atoms with Gasteiger partial charge < -0.3 is 5.32 Å². The highest BCUT2D eigenvalue weighted by molar-refractivity contribution is 9.10. The third kappa shape index (κ3) is 2.81. The number of aromatic nitrogens is 2. The largest absolute Gasteiger partial charge is 0.319 e. The molecule has 1 amide bonds. The summed E-state index contributed by atoms with van der Waals surface area (Å²) >= 11 is 2.95. The van der Waals surface area contributed by atoms with E-state index in [1.807, 2.05) is 0 Å². The lowest BCUT2D eigenvalue weighted by atomic mass is 10.2. The molecule has 0 atom stereocenters. The Balaban J connectivity index is 2.33. The zero-order chi connectivity index (χ0) is 14.2. The number of amides is 1. The SMILES string of the molecule is Cc1nn(C)cc1NC(=O)c1c(F)cc(Br)cc1F. The predicted octanol–water partition coefficient (Wildman–Crippen LogP) is 3.02. The molecule has 1 aromatic heterocycles. The molecule has 0 aliphatic carbocycles. The van der Waals surface area contributed by atoms with Crippen LogP contribution >= 0.6 is 15.9 Å². The summed E-state index contributed by atoms with van der Waals surface area (Å²) in [6.45, 7) is 1.68. The minimum atomic E-state index is -0.925. The summed E-state index contributed by atoms with van der Waals surface area (Å²) in [5.74, 6) is -2.70. The van der Waals surface area contributed by atoms with E-state index >= 15 is 0 Å². The Labute approximate surface area is 116 Å². The summed E-state index contributed by atoms with van der Waals surface area (Å²) in [4.78, 5) is 11.9. The number of aryl methyl sites for hydroxylation is 2. The van der Waals surface area contributed by atoms with Crippen molar-refractivity contribution in [2.75, 3.05) is 5.32 Å². The maximum atomic E-state index is 13.6. The van der Waals surface area contributed by atoms with Gasteiger partial charge in [-0.15, -0.1) is 0 Å². The van der Waals surface area contributed by atoms with Crippen LogP contribution in [0.15, 0.2) is 22.8 Å². The monoisotopic (exact) mass is 329 g/mol. The van der Waals surface area contributed by atoms with Crippen LogP contribution in [-0.2, 0) is 7.05 Å². The molecule has 7 heteroatoms. The van der Waals surface area contributed by atoms with Crippen LogP contribution in [-0.4, -0.2) is 15.7 Å². The van der Waals surface area contributed by atoms with E-state index in [1.165, 1.54) is 4.68 Å². The topological polar surface area (TPSA) is 46.9 Å². The smallest absolute Gasteiger partial charge is 0.261 e. The first-order valence-electron chi connectivity index (χ1n) is 5.34. The normalized spacial score (nSPS) is 10.6. The lowest BCUT2D eigenvalue weighted by molar-refractivity contribution is 0.101. The average molecular weight is 330 g/mol. The molecule has 1 aromatic carbocycles. The highest BCUT2D eigenvalue weighted by atomic mass is 79.9. The van der Waals surface area contributed by atoms with Gasteiger partial charge >= 0.3 is 0 Å². The standard InChI is InChI=1S/C12H10BrF2N3O/c1-6-10(5-18(2)17-6)16-12(19)11-8(14)3-7(13)4-9(11)15/h3-5H,1-2H3,(H,16,19). The molecule has 19 heavy (non-hydrogen) atoms. The molecule has 0 saturated heterocycles. The van der Waals surface area contributed by atoms with Gasteiger partial charge in [0.1, 0.15) is 17.2 Å². The van der Waals surface area contributed by atoms with Gasteiger partial charge in [-0.2, -0.15) is 5.10 Å². The van der Waals surface area contributed by atoms with Crippen molar-refractivity contribution in [3.05, 3.63) is 45.7 Å². The van der Waals surface area contributed by atoms with Crippen molar-refractivity contribution in [3.8, 4) is 0 Å². The summed E-state index contributed by atoms with van der Waals surface area (Å²) in [7, 11) is 1.68. The Kier molecular flexibility index (Phi) is 3.66. The van der Waals surface area contributed by atoms with Crippen molar-refractivity contribution in [2.24, 2.45) is 7.05 Å². The number of halogens is 3. The minimum Gasteiger partial charge on any atom is -0.319 e. The van der Waals surface area contributed by atoms with Gasteiger partial charge in [-0.05, 0) is 19.1 Å². The van der Waals surface area contributed by atoms with Crippen LogP contribution in [0, 0.1) is 18.6 Å². The van der Waals surface area contributed by atoms with Gasteiger partial charge in [-0.3, -0.25) is 9.48 Å². The maximum absolute atomic E-state index is 13.6. The van der Waals surface area contributed by atoms with Crippen LogP contribution < -0.4 is 5.32 Å². The quantitative estimate of drug-likeness (QED) is 0.920. The third-order valence-electron chi connectivity index (χ3n) is 2.50. The fourth-order valence-corrected chi connectivity index (χ4v) is 2.07. The number of rotatable bonds is 2. The lowest BCUT2D eigenvalue weighted by Gasteiger charge is -2.06. The first-order chi connectivity index (χ1) is 8.88. The summed E-state index contributed by atoms with van der Waals surface area (Å²) in [6, 6.07) is 2.07. The molecule has 0 radical (unpaired) electrons. The third-order valence-corrected chi connectivity index (χ3v) is 2.95. The van der Waals surface area contributed by atoms with Gasteiger partial charge in [0.05, 0.1) is 11.4 Å². The Morgan fingerprint density at radius 3 is 2.42 bits per heavy atom. The zero-order valence-corrected chi connectivity index (χ0v) is 11.8. The van der Waals surface area contributed by atoms with E-state index in [9.17, 15) is 13.6 Å². The molecule has 0 fully saturated rings. The Morgan fingerprint density at radius 1 is 1.37 bits per heavy atom. The Bertz CT molecular complexity index is 631. The number of nitrogens with one attached hydrogen (secondary N) is 1. The first kappa shape index (κ1) is 13.7. The van der Waals surface area contributed by atoms with Crippen molar-refractivity contribution in [1.82, 2.24) is 9.78 Å². The fraction of sp³-hybridized carbons (Fsp3) is 0.167. The molecule has 4 nitrogen and oxygen atoms in total. The number of carbonyl (C=O) groups excluding carboxylic acids is 1. The van der Waals surface area contributed by atoms with Crippen molar-refractivity contribution >= 4 is 27.5 Å². The van der Waals surface area contributed by atoms with Gasteiger partial charge in [0, 0.05) is 17.7 Å². The predicted molar refractivity (Wildman–Crippen MR) is 70.0 cm³/mol. The fourth-order valence-electron chi connectivity index (χ4n) is 1.67. The van der Waals surface area contributed by atoms with E-state index in [4.69, 9.17) is 0 Å². The van der Waals surface area contributed by atoms with Gasteiger partial charge in [0.2, 0.25) is 0 Å². The van der Waals surface area contributed by atoms with Crippen LogP contribution in [0.3, 0.4) is 0 Å². The van der Waals surface area contributed by atoms with E-state index in [1.54, 1.807) is 20.2 Å². The summed E-state index contributed by atoms with van der Waals surface area (Å²) in [6.07, 6.45) is 1.56. The summed E-state index contributed by atoms with van der Waals surface area (Å²) < 4.78 is 29.0. The molecule has 1 heterocycles. The van der Waals surface area contributed by atoms with Crippen molar-refractivity contribution < 1.29 is 13.6 Å². The first-order valence-corrected chi connectivity index (χ1v) is 6.14. The van der Waals surface area contributed by atoms with Crippen LogP contribution in [0.2, 0.25) is 0 Å². The second-order valence-electron chi connectivity index (χ2n) is 4.00. The number of hydrogen-bond donors (Lipinski definition) is 1. The van der Waals surface area contributed by atoms with Gasteiger partial charge in [0.15, 0.2) is 0 Å².